The van der Waals surface area contributed by atoms with Gasteiger partial charge in [0, 0.05) is 11.5 Å². The SMILES string of the molecule is CC(C)C(C(=O)c1ccc(OC2CC2)cc1)C(C)C. The van der Waals surface area contributed by atoms with E-state index in [0.29, 0.717) is 17.9 Å². The van der Waals surface area contributed by atoms with Crippen molar-refractivity contribution in [3.63, 3.8) is 0 Å². The van der Waals surface area contributed by atoms with E-state index in [4.69, 9.17) is 4.74 Å². The molecule has 1 saturated carbocycles. The molecule has 0 bridgehead atoms. The number of hydrogen-bond acceptors (Lipinski definition) is 2. The minimum absolute atomic E-state index is 0.0928. The highest BCUT2D eigenvalue weighted by Gasteiger charge is 2.27. The van der Waals surface area contributed by atoms with Crippen LogP contribution in [0.2, 0.25) is 0 Å². The number of carbonyl (C=O) groups is 1. The van der Waals surface area contributed by atoms with E-state index >= 15 is 0 Å². The molecule has 0 aliphatic heterocycles. The van der Waals surface area contributed by atoms with E-state index in [1.807, 2.05) is 24.3 Å². The van der Waals surface area contributed by atoms with Crippen LogP contribution in [-0.4, -0.2) is 11.9 Å². The second-order valence-corrected chi connectivity index (χ2v) is 6.22. The molecule has 0 radical (unpaired) electrons. The molecule has 1 aromatic carbocycles. The maximum absolute atomic E-state index is 12.5. The largest absolute Gasteiger partial charge is 0.490 e. The molecule has 0 saturated heterocycles. The van der Waals surface area contributed by atoms with Crippen molar-refractivity contribution in [3.8, 4) is 5.75 Å². The quantitative estimate of drug-likeness (QED) is 0.711. The lowest BCUT2D eigenvalue weighted by Crippen LogP contribution is -2.25. The Balaban J connectivity index is 2.09. The van der Waals surface area contributed by atoms with Gasteiger partial charge >= 0.3 is 0 Å². The molecular weight excluding hydrogens is 236 g/mol. The van der Waals surface area contributed by atoms with Gasteiger partial charge in [-0.15, -0.1) is 0 Å². The van der Waals surface area contributed by atoms with Gasteiger partial charge < -0.3 is 4.74 Å². The third-order valence-electron chi connectivity index (χ3n) is 3.71. The molecule has 2 rings (SSSR count). The van der Waals surface area contributed by atoms with E-state index in [1.54, 1.807) is 0 Å². The Labute approximate surface area is 116 Å². The molecular formula is C17H24O2. The smallest absolute Gasteiger partial charge is 0.166 e. The van der Waals surface area contributed by atoms with Crippen molar-refractivity contribution in [2.45, 2.75) is 46.6 Å². The summed E-state index contributed by atoms with van der Waals surface area (Å²) in [4.78, 5) is 12.5. The molecule has 104 valence electrons. The van der Waals surface area contributed by atoms with Crippen molar-refractivity contribution >= 4 is 5.78 Å². The second-order valence-electron chi connectivity index (χ2n) is 6.22. The fourth-order valence-corrected chi connectivity index (χ4v) is 2.64. The lowest BCUT2D eigenvalue weighted by Gasteiger charge is -2.23. The van der Waals surface area contributed by atoms with Crippen LogP contribution in [0.3, 0.4) is 0 Å². The highest BCUT2D eigenvalue weighted by atomic mass is 16.5. The van der Waals surface area contributed by atoms with Crippen LogP contribution in [0.4, 0.5) is 0 Å². The van der Waals surface area contributed by atoms with Gasteiger partial charge in [0.1, 0.15) is 5.75 Å². The van der Waals surface area contributed by atoms with Gasteiger partial charge in [0.2, 0.25) is 0 Å². The third-order valence-corrected chi connectivity index (χ3v) is 3.71. The van der Waals surface area contributed by atoms with Crippen LogP contribution in [0.15, 0.2) is 24.3 Å². The van der Waals surface area contributed by atoms with Gasteiger partial charge in [0.15, 0.2) is 5.78 Å². The zero-order chi connectivity index (χ0) is 14.0. The second kappa shape index (κ2) is 5.77. The molecule has 2 nitrogen and oxygen atoms in total. The Bertz CT molecular complexity index is 419. The first kappa shape index (κ1) is 14.1. The monoisotopic (exact) mass is 260 g/mol. The summed E-state index contributed by atoms with van der Waals surface area (Å²) < 4.78 is 5.70. The van der Waals surface area contributed by atoms with Gasteiger partial charge in [-0.2, -0.15) is 0 Å². The summed E-state index contributed by atoms with van der Waals surface area (Å²) >= 11 is 0. The number of Topliss-reactive ketones (excluding diaryl/α,β-unsaturated/α-hetero) is 1. The lowest BCUT2D eigenvalue weighted by molar-refractivity contribution is 0.0839. The van der Waals surface area contributed by atoms with Crippen molar-refractivity contribution in [1.82, 2.24) is 0 Å². The summed E-state index contributed by atoms with van der Waals surface area (Å²) in [6.45, 7) is 8.47. The van der Waals surface area contributed by atoms with Crippen LogP contribution < -0.4 is 4.74 Å². The average molecular weight is 260 g/mol. The molecule has 0 amide bonds. The molecule has 19 heavy (non-hydrogen) atoms. The summed E-state index contributed by atoms with van der Waals surface area (Å²) in [6, 6.07) is 7.64. The van der Waals surface area contributed by atoms with Crippen LogP contribution in [0.25, 0.3) is 0 Å². The molecule has 0 aromatic heterocycles. The molecule has 1 aromatic rings. The van der Waals surface area contributed by atoms with Gasteiger partial charge in [0.05, 0.1) is 6.10 Å². The minimum atomic E-state index is 0.0928. The molecule has 0 spiro atoms. The van der Waals surface area contributed by atoms with E-state index in [9.17, 15) is 4.79 Å². The zero-order valence-electron chi connectivity index (χ0n) is 12.3. The van der Waals surface area contributed by atoms with Gasteiger partial charge in [-0.25, -0.2) is 0 Å². The molecule has 0 atom stereocenters. The first-order valence-electron chi connectivity index (χ1n) is 7.30. The lowest BCUT2D eigenvalue weighted by atomic mass is 9.80. The highest BCUT2D eigenvalue weighted by Crippen LogP contribution is 2.28. The number of ether oxygens (including phenoxy) is 1. The van der Waals surface area contributed by atoms with Crippen molar-refractivity contribution in [2.75, 3.05) is 0 Å². The molecule has 0 N–H and O–H groups in total. The number of hydrogen-bond donors (Lipinski definition) is 0. The van der Waals surface area contributed by atoms with Crippen LogP contribution in [0, 0.1) is 17.8 Å². The Morgan fingerprint density at radius 1 is 1.05 bits per heavy atom. The predicted octanol–water partition coefficient (Wildman–Crippen LogP) is 4.34. The molecule has 1 fully saturated rings. The van der Waals surface area contributed by atoms with E-state index in [2.05, 4.69) is 27.7 Å². The third kappa shape index (κ3) is 3.59. The summed E-state index contributed by atoms with van der Waals surface area (Å²) in [5.41, 5.74) is 0.801. The Morgan fingerprint density at radius 3 is 2.00 bits per heavy atom. The first-order chi connectivity index (χ1) is 8.99. The van der Waals surface area contributed by atoms with Gasteiger partial charge in [0.25, 0.3) is 0 Å². The maximum atomic E-state index is 12.5. The Hall–Kier alpha value is -1.31. The first-order valence-corrected chi connectivity index (χ1v) is 7.30. The maximum Gasteiger partial charge on any atom is 0.166 e. The zero-order valence-corrected chi connectivity index (χ0v) is 12.3. The van der Waals surface area contributed by atoms with E-state index in [0.717, 1.165) is 24.2 Å². The van der Waals surface area contributed by atoms with Crippen molar-refractivity contribution in [3.05, 3.63) is 29.8 Å². The number of rotatable bonds is 6. The van der Waals surface area contributed by atoms with Crippen LogP contribution in [0.1, 0.15) is 50.9 Å². The van der Waals surface area contributed by atoms with E-state index in [1.165, 1.54) is 0 Å². The molecule has 0 heterocycles. The molecule has 1 aliphatic rings. The van der Waals surface area contributed by atoms with Gasteiger partial charge in [-0.3, -0.25) is 4.79 Å². The van der Waals surface area contributed by atoms with Crippen molar-refractivity contribution in [2.24, 2.45) is 17.8 Å². The fraction of sp³-hybridized carbons (Fsp3) is 0.588. The Kier molecular flexibility index (Phi) is 4.28. The Morgan fingerprint density at radius 2 is 1.58 bits per heavy atom. The molecule has 0 unspecified atom stereocenters. The summed E-state index contributed by atoms with van der Waals surface area (Å²) in [5, 5.41) is 0. The summed E-state index contributed by atoms with van der Waals surface area (Å²) in [5.74, 6) is 1.97. The van der Waals surface area contributed by atoms with Gasteiger partial charge in [-0.05, 0) is 48.9 Å². The normalized spacial score (nSPS) is 15.3. The summed E-state index contributed by atoms with van der Waals surface area (Å²) in [6.07, 6.45) is 2.72. The molecule has 1 aliphatic carbocycles. The highest BCUT2D eigenvalue weighted by molar-refractivity contribution is 5.98. The minimum Gasteiger partial charge on any atom is -0.490 e. The number of benzene rings is 1. The number of ketones is 1. The summed E-state index contributed by atoms with van der Waals surface area (Å²) in [7, 11) is 0. The van der Waals surface area contributed by atoms with E-state index < -0.39 is 0 Å². The standard InChI is InChI=1S/C17H24O2/c1-11(2)16(12(3)4)17(18)13-5-7-14(8-6-13)19-15-9-10-15/h5-8,11-12,15-16H,9-10H2,1-4H3. The van der Waals surface area contributed by atoms with Crippen LogP contribution in [0.5, 0.6) is 5.75 Å². The fourth-order valence-electron chi connectivity index (χ4n) is 2.64. The van der Waals surface area contributed by atoms with Crippen LogP contribution in [-0.2, 0) is 0 Å². The predicted molar refractivity (Wildman–Crippen MR) is 77.6 cm³/mol. The average Bonchev–Trinajstić information content (AvgIpc) is 3.12. The number of carbonyl (C=O) groups excluding carboxylic acids is 1. The van der Waals surface area contributed by atoms with Gasteiger partial charge in [-0.1, -0.05) is 27.7 Å². The van der Waals surface area contributed by atoms with Crippen molar-refractivity contribution < 1.29 is 9.53 Å². The van der Waals surface area contributed by atoms with Crippen molar-refractivity contribution in [1.29, 1.82) is 0 Å². The topological polar surface area (TPSA) is 26.3 Å². The van der Waals surface area contributed by atoms with Crippen LogP contribution >= 0.6 is 0 Å². The van der Waals surface area contributed by atoms with E-state index in [-0.39, 0.29) is 11.7 Å². The molecule has 2 heteroatoms.